The van der Waals surface area contributed by atoms with Gasteiger partial charge in [0.2, 0.25) is 12.3 Å². The number of β-amino-alcohol motifs (C(OH)–C–C–N with tert-alkyl or cyclic N) is 1. The van der Waals surface area contributed by atoms with E-state index in [1.54, 1.807) is 24.3 Å². The van der Waals surface area contributed by atoms with E-state index < -0.39 is 35.8 Å². The molecule has 1 aliphatic heterocycles. The maximum Gasteiger partial charge on any atom is 0.253 e. The molecule has 1 saturated carbocycles. The molecule has 2 aliphatic rings. The number of hydrogen-bond donors (Lipinski definition) is 5. The van der Waals surface area contributed by atoms with Crippen LogP contribution < -0.4 is 21.3 Å². The van der Waals surface area contributed by atoms with Crippen LogP contribution in [0.5, 0.6) is 0 Å². The van der Waals surface area contributed by atoms with Gasteiger partial charge < -0.3 is 26.4 Å². The fraction of sp³-hybridized carbons (Fsp3) is 0.481. The van der Waals surface area contributed by atoms with E-state index in [-0.39, 0.29) is 18.7 Å². The topological polar surface area (TPSA) is 128 Å². The van der Waals surface area contributed by atoms with E-state index in [1.165, 1.54) is 12.4 Å². The van der Waals surface area contributed by atoms with Crippen LogP contribution in [-0.2, 0) is 10.2 Å². The minimum Gasteiger partial charge on any atom is -0.389 e. The van der Waals surface area contributed by atoms with E-state index >= 15 is 0 Å². The lowest BCUT2D eigenvalue weighted by molar-refractivity contribution is -0.120. The summed E-state index contributed by atoms with van der Waals surface area (Å²) in [6.45, 7) is 6.20. The molecule has 1 aromatic heterocycles. The Morgan fingerprint density at radius 2 is 1.95 bits per heavy atom. The summed E-state index contributed by atoms with van der Waals surface area (Å²) < 4.78 is 27.2. The van der Waals surface area contributed by atoms with Gasteiger partial charge in [0.25, 0.3) is 5.91 Å². The van der Waals surface area contributed by atoms with Gasteiger partial charge in [-0.25, -0.2) is 8.78 Å². The summed E-state index contributed by atoms with van der Waals surface area (Å²) in [6, 6.07) is 6.03. The molecule has 2 amide bonds. The third-order valence-electron chi connectivity index (χ3n) is 6.49. The molecule has 1 aromatic carbocycles. The lowest BCUT2D eigenvalue weighted by atomic mass is 9.92. The molecular formula is C27H35ClF2N6O3. The van der Waals surface area contributed by atoms with Crippen LogP contribution in [0.1, 0.15) is 67.6 Å². The molecule has 9 nitrogen and oxygen atoms in total. The number of benzene rings is 1. The highest BCUT2D eigenvalue weighted by molar-refractivity contribution is 6.30. The van der Waals surface area contributed by atoms with Crippen molar-refractivity contribution < 1.29 is 23.5 Å². The van der Waals surface area contributed by atoms with Gasteiger partial charge >= 0.3 is 0 Å². The summed E-state index contributed by atoms with van der Waals surface area (Å²) in [5.74, 6) is -0.468. The largest absolute Gasteiger partial charge is 0.389 e. The van der Waals surface area contributed by atoms with Gasteiger partial charge in [-0.3, -0.25) is 19.6 Å². The average molecular weight is 565 g/mol. The molecule has 0 spiro atoms. The molecule has 5 N–H and O–H groups in total. The van der Waals surface area contributed by atoms with Crippen molar-refractivity contribution in [1.29, 1.82) is 0 Å². The minimum absolute atomic E-state index is 0.238. The first-order chi connectivity index (χ1) is 18.7. The number of guanidine groups is 1. The Morgan fingerprint density at radius 3 is 2.56 bits per heavy atom. The van der Waals surface area contributed by atoms with Crippen molar-refractivity contribution in [3.8, 4) is 0 Å². The molecule has 39 heavy (non-hydrogen) atoms. The van der Waals surface area contributed by atoms with Crippen LogP contribution in [0.25, 0.3) is 0 Å². The van der Waals surface area contributed by atoms with Gasteiger partial charge in [-0.15, -0.1) is 0 Å². The van der Waals surface area contributed by atoms with Crippen molar-refractivity contribution in [3.63, 3.8) is 0 Å². The lowest BCUT2D eigenvalue weighted by Crippen LogP contribution is -2.42. The Balaban J connectivity index is 0.00000205. The molecule has 0 radical (unpaired) electrons. The smallest absolute Gasteiger partial charge is 0.253 e. The van der Waals surface area contributed by atoms with Gasteiger partial charge in [0, 0.05) is 17.8 Å². The molecule has 212 valence electrons. The zero-order valence-electron chi connectivity index (χ0n) is 22.2. The maximum atomic E-state index is 13.6. The van der Waals surface area contributed by atoms with E-state index in [1.807, 2.05) is 20.8 Å². The Labute approximate surface area is 231 Å². The number of aliphatic imine (C=N–C) groups is 1. The quantitative estimate of drug-likeness (QED) is 0.315. The van der Waals surface area contributed by atoms with E-state index in [0.29, 0.717) is 53.6 Å². The van der Waals surface area contributed by atoms with E-state index in [0.717, 1.165) is 0 Å². The Bertz CT molecular complexity index is 1190. The van der Waals surface area contributed by atoms with Crippen LogP contribution >= 0.6 is 11.6 Å². The van der Waals surface area contributed by atoms with Crippen molar-refractivity contribution >= 4 is 35.1 Å². The molecule has 2 unspecified atom stereocenters. The van der Waals surface area contributed by atoms with Gasteiger partial charge in [-0.05, 0) is 48.6 Å². The Hall–Kier alpha value is -3.31. The first-order valence-electron chi connectivity index (χ1n) is 13.1. The van der Waals surface area contributed by atoms with E-state index in [2.05, 4.69) is 31.2 Å². The predicted molar refractivity (Wildman–Crippen MR) is 147 cm³/mol. The van der Waals surface area contributed by atoms with E-state index in [9.17, 15) is 23.5 Å². The Morgan fingerprint density at radius 1 is 1.21 bits per heavy atom. The molecule has 1 aliphatic carbocycles. The number of aliphatic hydroxyl groups excluding tert-OH is 1. The number of carbonyl (C=O) groups is 2. The third kappa shape index (κ3) is 7.86. The lowest BCUT2D eigenvalue weighted by Gasteiger charge is -2.21. The molecule has 0 saturated heterocycles. The average Bonchev–Trinajstić information content (AvgIpc) is 3.75. The summed E-state index contributed by atoms with van der Waals surface area (Å²) in [5.41, 5.74) is 0.722. The second kappa shape index (κ2) is 13.7. The van der Waals surface area contributed by atoms with Crippen LogP contribution in [-0.4, -0.2) is 60.0 Å². The van der Waals surface area contributed by atoms with Crippen molar-refractivity contribution in [2.75, 3.05) is 25.0 Å². The highest BCUT2D eigenvalue weighted by atomic mass is 35.5. The van der Waals surface area contributed by atoms with E-state index in [4.69, 9.17) is 11.6 Å². The fourth-order valence-corrected chi connectivity index (χ4v) is 4.43. The number of halogens is 3. The van der Waals surface area contributed by atoms with Gasteiger partial charge in [0.15, 0.2) is 5.96 Å². The van der Waals surface area contributed by atoms with Crippen molar-refractivity contribution in [1.82, 2.24) is 20.9 Å². The molecule has 2 heterocycles. The number of alkyl halides is 2. The number of anilines is 1. The number of aromatic nitrogens is 1. The zero-order chi connectivity index (χ0) is 28.6. The summed E-state index contributed by atoms with van der Waals surface area (Å²) in [4.78, 5) is 33.4. The number of carbonyl (C=O) groups excluding carboxylic acids is 2. The number of nitrogens with zero attached hydrogens (tertiary/aromatic N) is 2. The fourth-order valence-electron chi connectivity index (χ4n) is 4.18. The third-order valence-corrected chi connectivity index (χ3v) is 6.70. The summed E-state index contributed by atoms with van der Waals surface area (Å²) in [5, 5.41) is 21.2. The number of aliphatic hydroxyl groups is 1. The van der Waals surface area contributed by atoms with Gasteiger partial charge in [-0.1, -0.05) is 38.4 Å². The number of nitrogens with one attached hydrogen (secondary N) is 4. The Kier molecular flexibility index (Phi) is 10.6. The zero-order valence-corrected chi connectivity index (χ0v) is 23.0. The summed E-state index contributed by atoms with van der Waals surface area (Å²) in [7, 11) is 0. The highest BCUT2D eigenvalue weighted by Crippen LogP contribution is 2.53. The SMILES string of the molecule is CC.CCC(NC(=O)CNC(=O)c1cncc(NC2=NCC(O)CN2)c1)c1cc(Cl)cc(C2(C(F)F)CC2)c1. The molecule has 2 atom stereocenters. The first kappa shape index (κ1) is 30.2. The monoisotopic (exact) mass is 564 g/mol. The molecule has 1 fully saturated rings. The molecule has 4 rings (SSSR count). The molecule has 12 heteroatoms. The predicted octanol–water partition coefficient (Wildman–Crippen LogP) is 3.79. The van der Waals surface area contributed by atoms with Crippen LogP contribution in [0.2, 0.25) is 5.02 Å². The normalized spacial score (nSPS) is 18.1. The highest BCUT2D eigenvalue weighted by Gasteiger charge is 2.52. The number of amides is 2. The van der Waals surface area contributed by atoms with Crippen molar-refractivity contribution in [2.45, 2.75) is 64.0 Å². The van der Waals surface area contributed by atoms with Crippen LogP contribution in [0, 0.1) is 0 Å². The molecular weight excluding hydrogens is 530 g/mol. The standard InChI is InChI=1S/C25H29ClF2N6O3.C2H6/c1-2-20(14-5-16(8-17(26)6-14)25(3-4-25)23(27)28)34-21(36)13-30-22(37)15-7-18(10-29-9-15)33-24-31-11-19(35)12-32-24;1-2/h5-10,19-20,23,35H,2-4,11-13H2,1H3,(H,30,37)(H,34,36)(H2,31,32,33);1-2H3. The summed E-state index contributed by atoms with van der Waals surface area (Å²) in [6.07, 6.45) is 1.17. The minimum atomic E-state index is -2.48. The number of pyridine rings is 1. The van der Waals surface area contributed by atoms with Crippen LogP contribution in [0.3, 0.4) is 0 Å². The number of rotatable bonds is 9. The van der Waals surface area contributed by atoms with Gasteiger partial charge in [-0.2, -0.15) is 0 Å². The molecule has 2 aromatic rings. The second-order valence-electron chi connectivity index (χ2n) is 9.25. The van der Waals surface area contributed by atoms with Crippen molar-refractivity contribution in [2.24, 2.45) is 4.99 Å². The van der Waals surface area contributed by atoms with Crippen molar-refractivity contribution in [3.05, 3.63) is 58.4 Å². The second-order valence-corrected chi connectivity index (χ2v) is 9.69. The molecule has 0 bridgehead atoms. The number of hydrogen-bond acceptors (Lipinski definition) is 7. The maximum absolute atomic E-state index is 13.6. The van der Waals surface area contributed by atoms with Gasteiger partial charge in [0.05, 0.1) is 48.1 Å². The van der Waals surface area contributed by atoms with Crippen LogP contribution in [0.15, 0.2) is 41.7 Å². The first-order valence-corrected chi connectivity index (χ1v) is 13.4. The van der Waals surface area contributed by atoms with Crippen LogP contribution in [0.4, 0.5) is 14.5 Å². The van der Waals surface area contributed by atoms with Gasteiger partial charge in [0.1, 0.15) is 0 Å². The summed E-state index contributed by atoms with van der Waals surface area (Å²) >= 11 is 6.23.